The molecule has 0 saturated heterocycles. The highest BCUT2D eigenvalue weighted by molar-refractivity contribution is 6.10. The van der Waals surface area contributed by atoms with Gasteiger partial charge in [0.15, 0.2) is 5.78 Å². The van der Waals surface area contributed by atoms with Crippen molar-refractivity contribution < 1.29 is 9.53 Å². The molecule has 2 heteroatoms. The average molecular weight is 266 g/mol. The summed E-state index contributed by atoms with van der Waals surface area (Å²) < 4.78 is 5.69. The van der Waals surface area contributed by atoms with Crippen LogP contribution in [0.15, 0.2) is 66.2 Å². The first-order chi connectivity index (χ1) is 9.68. The zero-order valence-corrected chi connectivity index (χ0v) is 11.8. The summed E-state index contributed by atoms with van der Waals surface area (Å²) >= 11 is 0. The van der Waals surface area contributed by atoms with Gasteiger partial charge in [-0.25, -0.2) is 0 Å². The van der Waals surface area contributed by atoms with E-state index < -0.39 is 0 Å². The predicted molar refractivity (Wildman–Crippen MR) is 81.2 cm³/mol. The molecule has 0 aromatic heterocycles. The molecule has 0 aliphatic heterocycles. The lowest BCUT2D eigenvalue weighted by Gasteiger charge is -2.09. The first-order valence-electron chi connectivity index (χ1n) is 6.63. The molecule has 102 valence electrons. The Balaban J connectivity index is 2.24. The SMILES string of the molecule is CC(C)=CCOc1ccccc1C(=O)c1ccccc1. The summed E-state index contributed by atoms with van der Waals surface area (Å²) in [7, 11) is 0. The van der Waals surface area contributed by atoms with E-state index in [4.69, 9.17) is 4.74 Å². The maximum Gasteiger partial charge on any atom is 0.196 e. The van der Waals surface area contributed by atoms with Crippen molar-refractivity contribution in [1.82, 2.24) is 0 Å². The van der Waals surface area contributed by atoms with E-state index in [9.17, 15) is 4.79 Å². The Morgan fingerprint density at radius 1 is 1.00 bits per heavy atom. The van der Waals surface area contributed by atoms with Gasteiger partial charge in [-0.1, -0.05) is 48.0 Å². The third-order valence-electron chi connectivity index (χ3n) is 2.90. The van der Waals surface area contributed by atoms with Gasteiger partial charge in [0, 0.05) is 5.56 Å². The topological polar surface area (TPSA) is 26.3 Å². The van der Waals surface area contributed by atoms with Crippen molar-refractivity contribution in [1.29, 1.82) is 0 Å². The minimum Gasteiger partial charge on any atom is -0.489 e. The highest BCUT2D eigenvalue weighted by atomic mass is 16.5. The van der Waals surface area contributed by atoms with Crippen molar-refractivity contribution in [2.45, 2.75) is 13.8 Å². The lowest BCUT2D eigenvalue weighted by atomic mass is 10.0. The molecule has 0 radical (unpaired) electrons. The van der Waals surface area contributed by atoms with Crippen molar-refractivity contribution in [2.75, 3.05) is 6.61 Å². The number of carbonyl (C=O) groups is 1. The number of benzene rings is 2. The molecule has 0 N–H and O–H groups in total. The van der Waals surface area contributed by atoms with Crippen LogP contribution in [0.25, 0.3) is 0 Å². The second-order valence-electron chi connectivity index (χ2n) is 4.78. The van der Waals surface area contributed by atoms with Crippen LogP contribution in [0.5, 0.6) is 5.75 Å². The third-order valence-corrected chi connectivity index (χ3v) is 2.90. The Kier molecular flexibility index (Phi) is 4.72. The van der Waals surface area contributed by atoms with Crippen LogP contribution in [-0.4, -0.2) is 12.4 Å². The van der Waals surface area contributed by atoms with E-state index >= 15 is 0 Å². The van der Waals surface area contributed by atoms with Gasteiger partial charge in [0.1, 0.15) is 12.4 Å². The summed E-state index contributed by atoms with van der Waals surface area (Å²) in [6.45, 7) is 4.51. The van der Waals surface area contributed by atoms with Crippen molar-refractivity contribution in [3.8, 4) is 5.75 Å². The van der Waals surface area contributed by atoms with Gasteiger partial charge < -0.3 is 4.74 Å². The molecule has 0 bridgehead atoms. The molecule has 2 aromatic rings. The fourth-order valence-electron chi connectivity index (χ4n) is 1.82. The lowest BCUT2D eigenvalue weighted by Crippen LogP contribution is -2.05. The maximum absolute atomic E-state index is 12.5. The van der Waals surface area contributed by atoms with E-state index in [0.29, 0.717) is 23.5 Å². The molecule has 0 heterocycles. The minimum atomic E-state index is -0.0154. The Bertz CT molecular complexity index is 608. The van der Waals surface area contributed by atoms with Gasteiger partial charge in [-0.3, -0.25) is 4.79 Å². The third kappa shape index (κ3) is 3.58. The zero-order valence-electron chi connectivity index (χ0n) is 11.8. The van der Waals surface area contributed by atoms with E-state index in [2.05, 4.69) is 0 Å². The number of hydrogen-bond donors (Lipinski definition) is 0. The Hall–Kier alpha value is -2.35. The molecule has 20 heavy (non-hydrogen) atoms. The van der Waals surface area contributed by atoms with E-state index in [1.165, 1.54) is 5.57 Å². The Morgan fingerprint density at radius 3 is 2.35 bits per heavy atom. The summed E-state index contributed by atoms with van der Waals surface area (Å²) in [6.07, 6.45) is 1.99. The monoisotopic (exact) mass is 266 g/mol. The van der Waals surface area contributed by atoms with Crippen LogP contribution in [0.2, 0.25) is 0 Å². The molecule has 0 aliphatic rings. The van der Waals surface area contributed by atoms with E-state index in [-0.39, 0.29) is 5.78 Å². The van der Waals surface area contributed by atoms with Crippen molar-refractivity contribution in [3.05, 3.63) is 77.4 Å². The molecule has 2 rings (SSSR count). The average Bonchev–Trinajstić information content (AvgIpc) is 2.47. The molecule has 2 nitrogen and oxygen atoms in total. The lowest BCUT2D eigenvalue weighted by molar-refractivity contribution is 0.103. The number of carbonyl (C=O) groups excluding carboxylic acids is 1. The van der Waals surface area contributed by atoms with Crippen LogP contribution in [-0.2, 0) is 0 Å². The van der Waals surface area contributed by atoms with Gasteiger partial charge in [0.25, 0.3) is 0 Å². The van der Waals surface area contributed by atoms with Gasteiger partial charge in [-0.2, -0.15) is 0 Å². The molecule has 2 aromatic carbocycles. The van der Waals surface area contributed by atoms with Gasteiger partial charge >= 0.3 is 0 Å². The standard InChI is InChI=1S/C18H18O2/c1-14(2)12-13-20-17-11-7-6-10-16(17)18(19)15-8-4-3-5-9-15/h3-12H,13H2,1-2H3. The number of para-hydroxylation sites is 1. The summed E-state index contributed by atoms with van der Waals surface area (Å²) in [5.41, 5.74) is 2.46. The summed E-state index contributed by atoms with van der Waals surface area (Å²) in [4.78, 5) is 12.5. The maximum atomic E-state index is 12.5. The van der Waals surface area contributed by atoms with E-state index in [1.54, 1.807) is 6.07 Å². The van der Waals surface area contributed by atoms with Crippen molar-refractivity contribution >= 4 is 5.78 Å². The normalized spacial score (nSPS) is 9.90. The quantitative estimate of drug-likeness (QED) is 0.597. The molecule has 0 aliphatic carbocycles. The van der Waals surface area contributed by atoms with Crippen molar-refractivity contribution in [2.24, 2.45) is 0 Å². The molecular weight excluding hydrogens is 248 g/mol. The highest BCUT2D eigenvalue weighted by Gasteiger charge is 2.13. The smallest absolute Gasteiger partial charge is 0.196 e. The van der Waals surface area contributed by atoms with Crippen LogP contribution >= 0.6 is 0 Å². The second-order valence-corrected chi connectivity index (χ2v) is 4.78. The fraction of sp³-hybridized carbons (Fsp3) is 0.167. The summed E-state index contributed by atoms with van der Waals surface area (Å²) in [6, 6.07) is 16.6. The van der Waals surface area contributed by atoms with Crippen molar-refractivity contribution in [3.63, 3.8) is 0 Å². The molecule has 0 spiro atoms. The molecular formula is C18H18O2. The Labute approximate surface area is 119 Å². The second kappa shape index (κ2) is 6.71. The number of ketones is 1. The van der Waals surface area contributed by atoms with Crippen LogP contribution < -0.4 is 4.74 Å². The van der Waals surface area contributed by atoms with Crippen LogP contribution in [0.4, 0.5) is 0 Å². The van der Waals surface area contributed by atoms with Crippen LogP contribution in [0.3, 0.4) is 0 Å². The molecule has 0 fully saturated rings. The minimum absolute atomic E-state index is 0.0154. The van der Waals surface area contributed by atoms with Crippen LogP contribution in [0.1, 0.15) is 29.8 Å². The highest BCUT2D eigenvalue weighted by Crippen LogP contribution is 2.21. The van der Waals surface area contributed by atoms with Crippen LogP contribution in [0, 0.1) is 0 Å². The summed E-state index contributed by atoms with van der Waals surface area (Å²) in [5, 5.41) is 0. The fourth-order valence-corrected chi connectivity index (χ4v) is 1.82. The molecule has 0 unspecified atom stereocenters. The summed E-state index contributed by atoms with van der Waals surface area (Å²) in [5.74, 6) is 0.609. The number of allylic oxidation sites excluding steroid dienone is 1. The van der Waals surface area contributed by atoms with Gasteiger partial charge in [0.05, 0.1) is 5.56 Å². The van der Waals surface area contributed by atoms with Gasteiger partial charge in [-0.05, 0) is 32.1 Å². The molecule has 0 amide bonds. The Morgan fingerprint density at radius 2 is 1.65 bits per heavy atom. The molecule has 0 saturated carbocycles. The van der Waals surface area contributed by atoms with Gasteiger partial charge in [0.2, 0.25) is 0 Å². The number of ether oxygens (including phenoxy) is 1. The van der Waals surface area contributed by atoms with Gasteiger partial charge in [-0.15, -0.1) is 0 Å². The first-order valence-corrected chi connectivity index (χ1v) is 6.63. The molecule has 0 atom stereocenters. The largest absolute Gasteiger partial charge is 0.489 e. The predicted octanol–water partition coefficient (Wildman–Crippen LogP) is 4.26. The zero-order chi connectivity index (χ0) is 14.4. The first kappa shape index (κ1) is 14.1. The number of rotatable bonds is 5. The number of hydrogen-bond acceptors (Lipinski definition) is 2. The van der Waals surface area contributed by atoms with E-state index in [0.717, 1.165) is 0 Å². The van der Waals surface area contributed by atoms with E-state index in [1.807, 2.05) is 68.5 Å².